The van der Waals surface area contributed by atoms with Gasteiger partial charge in [-0.15, -0.1) is 0 Å². The lowest BCUT2D eigenvalue weighted by Crippen LogP contribution is -2.48. The van der Waals surface area contributed by atoms with E-state index in [0.717, 1.165) is 59.6 Å². The summed E-state index contributed by atoms with van der Waals surface area (Å²) in [5.74, 6) is 0.980. The molecule has 1 aromatic carbocycles. The number of benzene rings is 1. The minimum atomic E-state index is 0.0495. The van der Waals surface area contributed by atoms with Crippen LogP contribution in [0, 0.1) is 13.8 Å². The molecule has 0 unspecified atom stereocenters. The Labute approximate surface area is 196 Å². The van der Waals surface area contributed by atoms with Gasteiger partial charge in [0.1, 0.15) is 17.1 Å². The van der Waals surface area contributed by atoms with Crippen LogP contribution in [-0.4, -0.2) is 64.4 Å². The van der Waals surface area contributed by atoms with Crippen molar-refractivity contribution in [1.82, 2.24) is 19.2 Å². The molecule has 2 aliphatic rings. The average molecular weight is 447 g/mol. The van der Waals surface area contributed by atoms with Crippen molar-refractivity contribution in [3.8, 4) is 16.9 Å². The number of aromatic nitrogens is 2. The maximum absolute atomic E-state index is 13.2. The summed E-state index contributed by atoms with van der Waals surface area (Å²) in [7, 11) is 1.71. The molecule has 0 aliphatic carbocycles. The second-order valence-electron chi connectivity index (χ2n) is 9.57. The number of hydrogen-bond acceptors (Lipinski definition) is 4. The standard InChI is InChI=1S/C27H34N4O2/c1-19-15-22(16-20(2)26(19)33-3)21-7-8-25-28-24(18-31(25)17-21)27(32)30-13-9-23(10-14-30)29-11-5-4-6-12-29/h7-8,15-18,23H,4-6,9-14H2,1-3H3. The second kappa shape index (κ2) is 9.18. The molecule has 1 amide bonds. The number of carbonyl (C=O) groups excluding carboxylic acids is 1. The Morgan fingerprint density at radius 2 is 1.64 bits per heavy atom. The molecule has 33 heavy (non-hydrogen) atoms. The molecule has 5 rings (SSSR count). The van der Waals surface area contributed by atoms with E-state index in [2.05, 4.69) is 48.1 Å². The van der Waals surface area contributed by atoms with E-state index in [-0.39, 0.29) is 5.91 Å². The fourth-order valence-corrected chi connectivity index (χ4v) is 5.58. The number of pyridine rings is 1. The molecule has 174 valence electrons. The second-order valence-corrected chi connectivity index (χ2v) is 9.57. The van der Waals surface area contributed by atoms with Crippen LogP contribution in [0.25, 0.3) is 16.8 Å². The first-order valence-corrected chi connectivity index (χ1v) is 12.2. The van der Waals surface area contributed by atoms with Crippen LogP contribution in [0.3, 0.4) is 0 Å². The molecule has 2 saturated heterocycles. The van der Waals surface area contributed by atoms with Gasteiger partial charge < -0.3 is 18.9 Å². The van der Waals surface area contributed by atoms with Crippen molar-refractivity contribution in [2.75, 3.05) is 33.3 Å². The van der Waals surface area contributed by atoms with Crippen molar-refractivity contribution in [3.05, 3.63) is 53.5 Å². The van der Waals surface area contributed by atoms with Crippen LogP contribution in [0.1, 0.15) is 53.7 Å². The highest BCUT2D eigenvalue weighted by atomic mass is 16.5. The fraction of sp³-hybridized carbons (Fsp3) is 0.481. The highest BCUT2D eigenvalue weighted by Gasteiger charge is 2.29. The smallest absolute Gasteiger partial charge is 0.274 e. The maximum Gasteiger partial charge on any atom is 0.274 e. The summed E-state index contributed by atoms with van der Waals surface area (Å²) < 4.78 is 7.48. The van der Waals surface area contributed by atoms with Crippen molar-refractivity contribution in [2.24, 2.45) is 0 Å². The van der Waals surface area contributed by atoms with Gasteiger partial charge in [0.05, 0.1) is 7.11 Å². The van der Waals surface area contributed by atoms with Crippen LogP contribution in [-0.2, 0) is 0 Å². The monoisotopic (exact) mass is 446 g/mol. The summed E-state index contributed by atoms with van der Waals surface area (Å²) in [4.78, 5) is 22.4. The number of aryl methyl sites for hydroxylation is 2. The number of methoxy groups -OCH3 is 1. The van der Waals surface area contributed by atoms with Crippen molar-refractivity contribution in [2.45, 2.75) is 52.0 Å². The molecule has 0 saturated carbocycles. The first-order valence-electron chi connectivity index (χ1n) is 12.2. The Hall–Kier alpha value is -2.86. The maximum atomic E-state index is 13.2. The van der Waals surface area contributed by atoms with Gasteiger partial charge in [0, 0.05) is 31.5 Å². The molecule has 3 aromatic rings. The summed E-state index contributed by atoms with van der Waals surface area (Å²) in [6, 6.07) is 8.98. The summed E-state index contributed by atoms with van der Waals surface area (Å²) >= 11 is 0. The van der Waals surface area contributed by atoms with Crippen molar-refractivity contribution in [3.63, 3.8) is 0 Å². The molecule has 0 bridgehead atoms. The number of amides is 1. The molecule has 0 radical (unpaired) electrons. The SMILES string of the molecule is COc1c(C)cc(-c2ccc3nc(C(=O)N4CCC(N5CCCCC5)CC4)cn3c2)cc1C. The lowest BCUT2D eigenvalue weighted by atomic mass is 10.00. The van der Waals surface area contributed by atoms with Crippen LogP contribution in [0.4, 0.5) is 0 Å². The van der Waals surface area contributed by atoms with E-state index in [1.807, 2.05) is 21.6 Å². The van der Waals surface area contributed by atoms with E-state index in [1.54, 1.807) is 7.11 Å². The lowest BCUT2D eigenvalue weighted by molar-refractivity contribution is 0.0585. The van der Waals surface area contributed by atoms with E-state index >= 15 is 0 Å². The fourth-order valence-electron chi connectivity index (χ4n) is 5.58. The molecule has 6 nitrogen and oxygen atoms in total. The van der Waals surface area contributed by atoms with Crippen molar-refractivity contribution < 1.29 is 9.53 Å². The summed E-state index contributed by atoms with van der Waals surface area (Å²) in [5, 5.41) is 0. The Balaban J connectivity index is 1.31. The van der Waals surface area contributed by atoms with Gasteiger partial charge in [0.25, 0.3) is 5.91 Å². The molecule has 2 aromatic heterocycles. The molecular weight excluding hydrogens is 412 g/mol. The number of ether oxygens (including phenoxy) is 1. The van der Waals surface area contributed by atoms with Gasteiger partial charge in [0.15, 0.2) is 0 Å². The van der Waals surface area contributed by atoms with Crippen LogP contribution in [0.15, 0.2) is 36.7 Å². The normalized spacial score (nSPS) is 18.1. The van der Waals surface area contributed by atoms with Gasteiger partial charge in [-0.1, -0.05) is 6.42 Å². The predicted octanol–water partition coefficient (Wildman–Crippen LogP) is 4.72. The van der Waals surface area contributed by atoms with Crippen molar-refractivity contribution >= 4 is 11.6 Å². The number of likely N-dealkylation sites (tertiary alicyclic amines) is 2. The van der Waals surface area contributed by atoms with Crippen LogP contribution < -0.4 is 4.74 Å². The molecule has 2 aliphatic heterocycles. The van der Waals surface area contributed by atoms with E-state index in [1.165, 1.54) is 32.4 Å². The quantitative estimate of drug-likeness (QED) is 0.582. The zero-order valence-electron chi connectivity index (χ0n) is 20.0. The number of piperidine rings is 2. The number of rotatable bonds is 4. The topological polar surface area (TPSA) is 50.1 Å². The minimum Gasteiger partial charge on any atom is -0.496 e. The van der Waals surface area contributed by atoms with E-state index < -0.39 is 0 Å². The number of imidazole rings is 1. The Morgan fingerprint density at radius 3 is 2.30 bits per heavy atom. The number of hydrogen-bond donors (Lipinski definition) is 0. The average Bonchev–Trinajstić information content (AvgIpc) is 3.27. The van der Waals surface area contributed by atoms with E-state index in [9.17, 15) is 4.79 Å². The third-order valence-electron chi connectivity index (χ3n) is 7.33. The van der Waals surface area contributed by atoms with Gasteiger partial charge in [-0.05, 0) is 99.1 Å². The molecule has 0 atom stereocenters. The highest BCUT2D eigenvalue weighted by molar-refractivity contribution is 5.93. The van der Waals surface area contributed by atoms with Crippen molar-refractivity contribution in [1.29, 1.82) is 0 Å². The predicted molar refractivity (Wildman–Crippen MR) is 131 cm³/mol. The molecule has 6 heteroatoms. The number of fused-ring (bicyclic) bond motifs is 1. The zero-order chi connectivity index (χ0) is 22.9. The van der Waals surface area contributed by atoms with Crippen LogP contribution in [0.5, 0.6) is 5.75 Å². The summed E-state index contributed by atoms with van der Waals surface area (Å²) in [6.45, 7) is 8.22. The molecular formula is C27H34N4O2. The van der Waals surface area contributed by atoms with Crippen LogP contribution in [0.2, 0.25) is 0 Å². The first kappa shape index (κ1) is 22.0. The highest BCUT2D eigenvalue weighted by Crippen LogP contribution is 2.30. The Bertz CT molecular complexity index is 1130. The van der Waals surface area contributed by atoms with Crippen LogP contribution >= 0.6 is 0 Å². The molecule has 2 fully saturated rings. The Morgan fingerprint density at radius 1 is 0.939 bits per heavy atom. The van der Waals surface area contributed by atoms with E-state index in [0.29, 0.717) is 11.7 Å². The lowest BCUT2D eigenvalue weighted by Gasteiger charge is -2.40. The number of carbonyl (C=O) groups is 1. The summed E-state index contributed by atoms with van der Waals surface area (Å²) in [5.41, 5.74) is 5.78. The van der Waals surface area contributed by atoms with Gasteiger partial charge in [-0.2, -0.15) is 0 Å². The van der Waals surface area contributed by atoms with Gasteiger partial charge in [-0.3, -0.25) is 4.79 Å². The van der Waals surface area contributed by atoms with Gasteiger partial charge >= 0.3 is 0 Å². The third-order valence-corrected chi connectivity index (χ3v) is 7.33. The molecule has 0 N–H and O–H groups in total. The van der Waals surface area contributed by atoms with E-state index in [4.69, 9.17) is 4.74 Å². The first-order chi connectivity index (χ1) is 16.0. The number of nitrogens with zero attached hydrogens (tertiary/aromatic N) is 4. The van der Waals surface area contributed by atoms with Gasteiger partial charge in [-0.25, -0.2) is 4.98 Å². The minimum absolute atomic E-state index is 0.0495. The third kappa shape index (κ3) is 4.36. The summed E-state index contributed by atoms with van der Waals surface area (Å²) in [6.07, 6.45) is 10.1. The molecule has 4 heterocycles. The largest absolute Gasteiger partial charge is 0.496 e. The van der Waals surface area contributed by atoms with Gasteiger partial charge in [0.2, 0.25) is 0 Å². The zero-order valence-corrected chi connectivity index (χ0v) is 20.0. The molecule has 0 spiro atoms. The Kier molecular flexibility index (Phi) is 6.11.